The summed E-state index contributed by atoms with van der Waals surface area (Å²) in [6.45, 7) is 4.21. The van der Waals surface area contributed by atoms with E-state index in [1.807, 2.05) is 19.9 Å². The third-order valence-electron chi connectivity index (χ3n) is 3.06. The van der Waals surface area contributed by atoms with Gasteiger partial charge < -0.3 is 10.6 Å². The number of amides is 1. The zero-order valence-electron chi connectivity index (χ0n) is 10.8. The number of nitrogens with two attached hydrogens (primary N) is 1. The molecule has 1 amide bonds. The van der Waals surface area contributed by atoms with E-state index in [0.29, 0.717) is 17.8 Å². The van der Waals surface area contributed by atoms with Gasteiger partial charge in [0.15, 0.2) is 5.65 Å². The van der Waals surface area contributed by atoms with Crippen LogP contribution in [0.3, 0.4) is 0 Å². The molecule has 2 heterocycles. The van der Waals surface area contributed by atoms with Crippen molar-refractivity contribution in [1.29, 1.82) is 0 Å². The van der Waals surface area contributed by atoms with E-state index in [9.17, 15) is 4.79 Å². The number of aryl methyl sites for hydroxylation is 1. The molecule has 0 saturated heterocycles. The van der Waals surface area contributed by atoms with Gasteiger partial charge in [-0.1, -0.05) is 0 Å². The molecule has 1 unspecified atom stereocenters. The molecule has 6 nitrogen and oxygen atoms in total. The molecule has 0 aromatic carbocycles. The molecule has 2 rings (SSSR count). The summed E-state index contributed by atoms with van der Waals surface area (Å²) in [5.41, 5.74) is 7.50. The van der Waals surface area contributed by atoms with Crippen LogP contribution in [0.25, 0.3) is 5.65 Å². The smallest absolute Gasteiger partial charge is 0.259 e. The number of hydrogen-bond acceptors (Lipinski definition) is 4. The lowest BCUT2D eigenvalue weighted by Gasteiger charge is -2.22. The third kappa shape index (κ3) is 2.06. The number of fused-ring (bicyclic) bond motifs is 1. The average molecular weight is 247 g/mol. The number of carbonyl (C=O) groups is 1. The molecule has 0 aliphatic rings. The topological polar surface area (TPSA) is 76.5 Å². The standard InChI is InChI=1S/C12H17N5O/c1-8-4-5-17-11(15-8)10(7-14-17)12(18)16(3)9(2)6-13/h4-5,7,9H,6,13H2,1-3H3. The Bertz CT molecular complexity index is 577. The summed E-state index contributed by atoms with van der Waals surface area (Å²) in [6.07, 6.45) is 3.34. The van der Waals surface area contributed by atoms with Gasteiger partial charge in [0.2, 0.25) is 0 Å². The van der Waals surface area contributed by atoms with Gasteiger partial charge in [0.1, 0.15) is 5.56 Å². The Morgan fingerprint density at radius 2 is 2.33 bits per heavy atom. The lowest BCUT2D eigenvalue weighted by atomic mass is 10.2. The van der Waals surface area contributed by atoms with Gasteiger partial charge in [-0.05, 0) is 19.9 Å². The van der Waals surface area contributed by atoms with Crippen LogP contribution in [0.15, 0.2) is 18.5 Å². The molecule has 0 radical (unpaired) electrons. The Hall–Kier alpha value is -1.95. The van der Waals surface area contributed by atoms with Crippen LogP contribution in [0.2, 0.25) is 0 Å². The number of likely N-dealkylation sites (N-methyl/N-ethyl adjacent to an activating group) is 1. The molecule has 96 valence electrons. The quantitative estimate of drug-likeness (QED) is 0.854. The first-order valence-corrected chi connectivity index (χ1v) is 5.82. The minimum Gasteiger partial charge on any atom is -0.338 e. The Morgan fingerprint density at radius 1 is 1.61 bits per heavy atom. The zero-order chi connectivity index (χ0) is 13.3. The van der Waals surface area contributed by atoms with E-state index in [1.165, 1.54) is 0 Å². The van der Waals surface area contributed by atoms with Crippen LogP contribution in [0.1, 0.15) is 23.0 Å². The maximum atomic E-state index is 12.3. The van der Waals surface area contributed by atoms with Crippen LogP contribution in [-0.2, 0) is 0 Å². The summed E-state index contributed by atoms with van der Waals surface area (Å²) < 4.78 is 1.60. The van der Waals surface area contributed by atoms with Crippen molar-refractivity contribution in [1.82, 2.24) is 19.5 Å². The summed E-state index contributed by atoms with van der Waals surface area (Å²) in [6, 6.07) is 1.83. The Morgan fingerprint density at radius 3 is 3.00 bits per heavy atom. The Balaban J connectivity index is 2.42. The van der Waals surface area contributed by atoms with E-state index in [2.05, 4.69) is 10.1 Å². The van der Waals surface area contributed by atoms with Gasteiger partial charge in [0, 0.05) is 31.5 Å². The maximum Gasteiger partial charge on any atom is 0.259 e. The Labute approximate surface area is 105 Å². The molecule has 2 aromatic rings. The second-order valence-corrected chi connectivity index (χ2v) is 4.40. The van der Waals surface area contributed by atoms with Crippen LogP contribution in [0, 0.1) is 6.92 Å². The van der Waals surface area contributed by atoms with E-state index < -0.39 is 0 Å². The van der Waals surface area contributed by atoms with Crippen molar-refractivity contribution in [3.8, 4) is 0 Å². The number of rotatable bonds is 3. The summed E-state index contributed by atoms with van der Waals surface area (Å²) in [5, 5.41) is 4.12. The van der Waals surface area contributed by atoms with Gasteiger partial charge in [-0.2, -0.15) is 5.10 Å². The van der Waals surface area contributed by atoms with E-state index in [1.54, 1.807) is 28.9 Å². The fourth-order valence-electron chi connectivity index (χ4n) is 1.66. The van der Waals surface area contributed by atoms with E-state index >= 15 is 0 Å². The van der Waals surface area contributed by atoms with E-state index in [0.717, 1.165) is 5.69 Å². The predicted molar refractivity (Wildman–Crippen MR) is 68.3 cm³/mol. The molecular formula is C12H17N5O. The second-order valence-electron chi connectivity index (χ2n) is 4.40. The van der Waals surface area contributed by atoms with Crippen molar-refractivity contribution in [3.05, 3.63) is 29.7 Å². The fourth-order valence-corrected chi connectivity index (χ4v) is 1.66. The van der Waals surface area contributed by atoms with Crippen molar-refractivity contribution in [2.24, 2.45) is 5.73 Å². The molecule has 6 heteroatoms. The molecule has 0 bridgehead atoms. The van der Waals surface area contributed by atoms with E-state index in [-0.39, 0.29) is 11.9 Å². The lowest BCUT2D eigenvalue weighted by Crippen LogP contribution is -2.39. The number of nitrogens with zero attached hydrogens (tertiary/aromatic N) is 4. The summed E-state index contributed by atoms with van der Waals surface area (Å²) in [5.74, 6) is -0.110. The van der Waals surface area contributed by atoms with Crippen LogP contribution in [0.5, 0.6) is 0 Å². The normalized spacial score (nSPS) is 12.7. The molecule has 0 aliphatic heterocycles. The first-order chi connectivity index (χ1) is 8.54. The minimum atomic E-state index is -0.110. The molecule has 0 fully saturated rings. The van der Waals surface area contributed by atoms with Gasteiger partial charge >= 0.3 is 0 Å². The molecule has 18 heavy (non-hydrogen) atoms. The third-order valence-corrected chi connectivity index (χ3v) is 3.06. The van der Waals surface area contributed by atoms with Gasteiger partial charge in [-0.3, -0.25) is 4.79 Å². The van der Waals surface area contributed by atoms with Gasteiger partial charge in [-0.15, -0.1) is 0 Å². The lowest BCUT2D eigenvalue weighted by molar-refractivity contribution is 0.0750. The van der Waals surface area contributed by atoms with Gasteiger partial charge in [-0.25, -0.2) is 9.50 Å². The highest BCUT2D eigenvalue weighted by Gasteiger charge is 2.20. The monoisotopic (exact) mass is 247 g/mol. The Kier molecular flexibility index (Phi) is 3.29. The largest absolute Gasteiger partial charge is 0.338 e. The van der Waals surface area contributed by atoms with Crippen LogP contribution in [-0.4, -0.2) is 45.0 Å². The van der Waals surface area contributed by atoms with Crippen molar-refractivity contribution < 1.29 is 4.79 Å². The minimum absolute atomic E-state index is 0.0164. The van der Waals surface area contributed by atoms with Crippen molar-refractivity contribution in [2.75, 3.05) is 13.6 Å². The summed E-state index contributed by atoms with van der Waals surface area (Å²) in [7, 11) is 1.74. The van der Waals surface area contributed by atoms with Crippen LogP contribution < -0.4 is 5.73 Å². The molecule has 0 aliphatic carbocycles. The van der Waals surface area contributed by atoms with E-state index in [4.69, 9.17) is 5.73 Å². The summed E-state index contributed by atoms with van der Waals surface area (Å²) in [4.78, 5) is 18.3. The van der Waals surface area contributed by atoms with Gasteiger partial charge in [0.25, 0.3) is 5.91 Å². The number of hydrogen-bond donors (Lipinski definition) is 1. The zero-order valence-corrected chi connectivity index (χ0v) is 10.8. The average Bonchev–Trinajstić information content (AvgIpc) is 2.78. The SMILES string of the molecule is Cc1ccn2ncc(C(=O)N(C)C(C)CN)c2n1. The second kappa shape index (κ2) is 4.73. The highest BCUT2D eigenvalue weighted by molar-refractivity contribution is 5.99. The highest BCUT2D eigenvalue weighted by atomic mass is 16.2. The van der Waals surface area contributed by atoms with Crippen molar-refractivity contribution >= 4 is 11.6 Å². The van der Waals surface area contributed by atoms with Crippen LogP contribution in [0.4, 0.5) is 0 Å². The molecule has 2 N–H and O–H groups in total. The van der Waals surface area contributed by atoms with Gasteiger partial charge in [0.05, 0.1) is 6.20 Å². The molecule has 1 atom stereocenters. The maximum absolute atomic E-state index is 12.3. The van der Waals surface area contributed by atoms with Crippen molar-refractivity contribution in [2.45, 2.75) is 19.9 Å². The molecule has 0 spiro atoms. The first kappa shape index (κ1) is 12.5. The van der Waals surface area contributed by atoms with Crippen molar-refractivity contribution in [3.63, 3.8) is 0 Å². The number of aromatic nitrogens is 3. The predicted octanol–water partition coefficient (Wildman–Crippen LogP) is 0.457. The highest BCUT2D eigenvalue weighted by Crippen LogP contribution is 2.12. The first-order valence-electron chi connectivity index (χ1n) is 5.82. The molecular weight excluding hydrogens is 230 g/mol. The molecule has 2 aromatic heterocycles. The summed E-state index contributed by atoms with van der Waals surface area (Å²) >= 11 is 0. The van der Waals surface area contributed by atoms with Crippen LogP contribution >= 0.6 is 0 Å². The number of carbonyl (C=O) groups excluding carboxylic acids is 1. The molecule has 0 saturated carbocycles. The fraction of sp³-hybridized carbons (Fsp3) is 0.417.